The van der Waals surface area contributed by atoms with Crippen LogP contribution >= 0.6 is 0 Å². The quantitative estimate of drug-likeness (QED) is 0.847. The van der Waals surface area contributed by atoms with Gasteiger partial charge >= 0.3 is 0 Å². The van der Waals surface area contributed by atoms with Crippen molar-refractivity contribution < 1.29 is 9.59 Å². The molecule has 1 aliphatic carbocycles. The number of hydrogen-bond donors (Lipinski definition) is 2. The van der Waals surface area contributed by atoms with E-state index in [2.05, 4.69) is 15.7 Å². The first-order valence-corrected chi connectivity index (χ1v) is 8.81. The van der Waals surface area contributed by atoms with E-state index in [1.165, 1.54) is 0 Å². The predicted octanol–water partition coefficient (Wildman–Crippen LogP) is 3.35. The van der Waals surface area contributed by atoms with Crippen molar-refractivity contribution in [3.63, 3.8) is 0 Å². The van der Waals surface area contributed by atoms with Gasteiger partial charge in [0.25, 0.3) is 0 Å². The number of carbonyl (C=O) groups is 2. The highest BCUT2D eigenvalue weighted by Gasteiger charge is 2.23. The lowest BCUT2D eigenvalue weighted by Gasteiger charge is -2.15. The Labute approximate surface area is 147 Å². The van der Waals surface area contributed by atoms with Gasteiger partial charge in [0.2, 0.25) is 11.8 Å². The SMILES string of the molecule is Cc1c(NC(=O)CCn2cccn2)cccc1NC(=O)C1CCCC1. The van der Waals surface area contributed by atoms with E-state index in [-0.39, 0.29) is 17.7 Å². The van der Waals surface area contributed by atoms with Crippen molar-refractivity contribution in [2.75, 3.05) is 10.6 Å². The molecule has 1 aliphatic rings. The first kappa shape index (κ1) is 17.2. The second-order valence-electron chi connectivity index (χ2n) is 6.52. The van der Waals surface area contributed by atoms with Gasteiger partial charge in [0.15, 0.2) is 0 Å². The zero-order valence-corrected chi connectivity index (χ0v) is 14.5. The Morgan fingerprint density at radius 1 is 1.16 bits per heavy atom. The van der Waals surface area contributed by atoms with Crippen molar-refractivity contribution in [2.24, 2.45) is 5.92 Å². The van der Waals surface area contributed by atoms with Crippen LogP contribution in [0.5, 0.6) is 0 Å². The van der Waals surface area contributed by atoms with Crippen LogP contribution in [0.3, 0.4) is 0 Å². The van der Waals surface area contributed by atoms with Gasteiger partial charge in [-0.25, -0.2) is 0 Å². The molecule has 0 radical (unpaired) electrons. The average molecular weight is 340 g/mol. The third kappa shape index (κ3) is 4.47. The zero-order valence-electron chi connectivity index (χ0n) is 14.5. The van der Waals surface area contributed by atoms with Crippen LogP contribution in [0.4, 0.5) is 11.4 Å². The first-order valence-electron chi connectivity index (χ1n) is 8.81. The molecule has 2 amide bonds. The Morgan fingerprint density at radius 2 is 1.88 bits per heavy atom. The largest absolute Gasteiger partial charge is 0.326 e. The van der Waals surface area contributed by atoms with Gasteiger partial charge < -0.3 is 10.6 Å². The van der Waals surface area contributed by atoms with Gasteiger partial charge in [0, 0.05) is 42.7 Å². The molecule has 6 nitrogen and oxygen atoms in total. The van der Waals surface area contributed by atoms with Crippen molar-refractivity contribution in [2.45, 2.75) is 45.6 Å². The molecule has 132 valence electrons. The molecular weight excluding hydrogens is 316 g/mol. The lowest BCUT2D eigenvalue weighted by molar-refractivity contribution is -0.119. The lowest BCUT2D eigenvalue weighted by Crippen LogP contribution is -2.21. The van der Waals surface area contributed by atoms with Gasteiger partial charge in [-0.3, -0.25) is 14.3 Å². The van der Waals surface area contributed by atoms with Gasteiger partial charge in [-0.15, -0.1) is 0 Å². The van der Waals surface area contributed by atoms with Crippen LogP contribution in [-0.4, -0.2) is 21.6 Å². The number of carbonyl (C=O) groups excluding carboxylic acids is 2. The van der Waals surface area contributed by atoms with E-state index in [9.17, 15) is 9.59 Å². The topological polar surface area (TPSA) is 76.0 Å². The van der Waals surface area contributed by atoms with E-state index < -0.39 is 0 Å². The van der Waals surface area contributed by atoms with Crippen LogP contribution in [0.2, 0.25) is 0 Å². The van der Waals surface area contributed by atoms with E-state index >= 15 is 0 Å². The first-order chi connectivity index (χ1) is 12.1. The van der Waals surface area contributed by atoms with Gasteiger partial charge in [0.1, 0.15) is 0 Å². The minimum Gasteiger partial charge on any atom is -0.326 e. The Kier molecular flexibility index (Phi) is 5.48. The minimum atomic E-state index is -0.0714. The number of aryl methyl sites for hydroxylation is 1. The number of aromatic nitrogens is 2. The van der Waals surface area contributed by atoms with Gasteiger partial charge in [-0.2, -0.15) is 5.10 Å². The van der Waals surface area contributed by atoms with Crippen LogP contribution in [0.1, 0.15) is 37.7 Å². The summed E-state index contributed by atoms with van der Waals surface area (Å²) in [6, 6.07) is 7.41. The molecule has 1 aromatic carbocycles. The maximum Gasteiger partial charge on any atom is 0.227 e. The maximum absolute atomic E-state index is 12.3. The molecule has 1 saturated carbocycles. The number of nitrogens with one attached hydrogen (secondary N) is 2. The molecule has 1 aromatic heterocycles. The van der Waals surface area contributed by atoms with Crippen molar-refractivity contribution >= 4 is 23.2 Å². The van der Waals surface area contributed by atoms with E-state index in [0.717, 1.165) is 42.6 Å². The van der Waals surface area contributed by atoms with E-state index in [1.54, 1.807) is 10.9 Å². The Morgan fingerprint density at radius 3 is 2.56 bits per heavy atom. The molecule has 6 heteroatoms. The van der Waals surface area contributed by atoms with Crippen LogP contribution in [-0.2, 0) is 16.1 Å². The number of hydrogen-bond acceptors (Lipinski definition) is 3. The summed E-state index contributed by atoms with van der Waals surface area (Å²) >= 11 is 0. The standard InChI is InChI=1S/C19H24N4O2/c1-14-16(21-18(24)10-13-23-12-5-11-20-23)8-4-9-17(14)22-19(25)15-6-2-3-7-15/h4-5,8-9,11-12,15H,2-3,6-7,10,13H2,1H3,(H,21,24)(H,22,25). The average Bonchev–Trinajstić information content (AvgIpc) is 3.30. The molecule has 2 aromatic rings. The maximum atomic E-state index is 12.3. The molecule has 3 rings (SSSR count). The summed E-state index contributed by atoms with van der Waals surface area (Å²) in [5.74, 6) is 0.132. The van der Waals surface area contributed by atoms with Crippen LogP contribution in [0.25, 0.3) is 0 Å². The number of nitrogens with zero attached hydrogens (tertiary/aromatic N) is 2. The summed E-state index contributed by atoms with van der Waals surface area (Å²) in [5, 5.41) is 10.0. The van der Waals surface area contributed by atoms with Crippen LogP contribution < -0.4 is 10.6 Å². The smallest absolute Gasteiger partial charge is 0.227 e. The monoisotopic (exact) mass is 340 g/mol. The molecular formula is C19H24N4O2. The molecule has 0 unspecified atom stereocenters. The highest BCUT2D eigenvalue weighted by molar-refractivity contribution is 5.96. The molecule has 1 fully saturated rings. The van der Waals surface area contributed by atoms with Crippen molar-refractivity contribution in [3.8, 4) is 0 Å². The van der Waals surface area contributed by atoms with E-state index in [0.29, 0.717) is 13.0 Å². The van der Waals surface area contributed by atoms with Gasteiger partial charge in [-0.1, -0.05) is 18.9 Å². The predicted molar refractivity (Wildman–Crippen MR) is 97.2 cm³/mol. The van der Waals surface area contributed by atoms with Crippen molar-refractivity contribution in [1.82, 2.24) is 9.78 Å². The number of benzene rings is 1. The van der Waals surface area contributed by atoms with Gasteiger partial charge in [0.05, 0.1) is 0 Å². The van der Waals surface area contributed by atoms with E-state index in [4.69, 9.17) is 0 Å². The number of anilines is 2. The molecule has 0 spiro atoms. The minimum absolute atomic E-state index is 0.0714. The highest BCUT2D eigenvalue weighted by atomic mass is 16.2. The Hall–Kier alpha value is -2.63. The molecule has 2 N–H and O–H groups in total. The summed E-state index contributed by atoms with van der Waals surface area (Å²) in [6.07, 6.45) is 8.06. The summed E-state index contributed by atoms with van der Waals surface area (Å²) in [4.78, 5) is 24.5. The number of amides is 2. The summed E-state index contributed by atoms with van der Waals surface area (Å²) in [6.45, 7) is 2.45. The zero-order chi connectivity index (χ0) is 17.6. The van der Waals surface area contributed by atoms with Crippen LogP contribution in [0.15, 0.2) is 36.7 Å². The summed E-state index contributed by atoms with van der Waals surface area (Å²) < 4.78 is 1.73. The Balaban J connectivity index is 1.59. The third-order valence-electron chi connectivity index (χ3n) is 4.72. The lowest BCUT2D eigenvalue weighted by atomic mass is 10.1. The molecule has 0 bridgehead atoms. The van der Waals surface area contributed by atoms with Crippen molar-refractivity contribution in [1.29, 1.82) is 0 Å². The van der Waals surface area contributed by atoms with Crippen LogP contribution in [0, 0.1) is 12.8 Å². The van der Waals surface area contributed by atoms with Gasteiger partial charge in [-0.05, 0) is 43.5 Å². The summed E-state index contributed by atoms with van der Waals surface area (Å²) in [7, 11) is 0. The fourth-order valence-electron chi connectivity index (χ4n) is 3.19. The summed E-state index contributed by atoms with van der Waals surface area (Å²) in [5.41, 5.74) is 2.37. The Bertz CT molecular complexity index is 734. The second kappa shape index (κ2) is 7.96. The fraction of sp³-hybridized carbons (Fsp3) is 0.421. The molecule has 0 atom stereocenters. The van der Waals surface area contributed by atoms with E-state index in [1.807, 2.05) is 37.4 Å². The second-order valence-corrected chi connectivity index (χ2v) is 6.52. The fourth-order valence-corrected chi connectivity index (χ4v) is 3.19. The molecule has 0 aliphatic heterocycles. The molecule has 1 heterocycles. The number of rotatable bonds is 6. The highest BCUT2D eigenvalue weighted by Crippen LogP contribution is 2.28. The normalized spacial score (nSPS) is 14.4. The molecule has 25 heavy (non-hydrogen) atoms. The molecule has 0 saturated heterocycles. The third-order valence-corrected chi connectivity index (χ3v) is 4.72. The van der Waals surface area contributed by atoms with Crippen molar-refractivity contribution in [3.05, 3.63) is 42.2 Å².